The number of nitrogens with zero attached hydrogens (tertiary/aromatic N) is 1. The van der Waals surface area contributed by atoms with Gasteiger partial charge in [0.25, 0.3) is 5.91 Å². The Kier molecular flexibility index (Phi) is 4.43. The van der Waals surface area contributed by atoms with E-state index in [0.29, 0.717) is 24.1 Å². The molecular formula is C12H17FN2O. The third-order valence-corrected chi connectivity index (χ3v) is 2.40. The summed E-state index contributed by atoms with van der Waals surface area (Å²) >= 11 is 0. The van der Waals surface area contributed by atoms with Crippen LogP contribution in [0, 0.1) is 5.82 Å². The Bertz CT molecular complexity index is 377. The minimum Gasteiger partial charge on any atom is -0.355 e. The number of carbonyl (C=O) groups excluding carboxylic acids is 1. The molecule has 0 aromatic heterocycles. The summed E-state index contributed by atoms with van der Waals surface area (Å²) in [5.41, 5.74) is 0.903. The number of rotatable bonds is 4. The van der Waals surface area contributed by atoms with E-state index in [9.17, 15) is 9.18 Å². The van der Waals surface area contributed by atoms with Crippen LogP contribution in [0.3, 0.4) is 0 Å². The lowest BCUT2D eigenvalue weighted by Crippen LogP contribution is -2.22. The molecule has 4 heteroatoms. The summed E-state index contributed by atoms with van der Waals surface area (Å²) < 4.78 is 13.6. The summed E-state index contributed by atoms with van der Waals surface area (Å²) in [6.07, 6.45) is 0.530. The smallest absolute Gasteiger partial charge is 0.251 e. The minimum absolute atomic E-state index is 0.242. The molecule has 1 aromatic rings. The molecule has 0 fully saturated rings. The van der Waals surface area contributed by atoms with Gasteiger partial charge in [-0.2, -0.15) is 0 Å². The molecule has 0 spiro atoms. The normalized spacial score (nSPS) is 10.6. The third kappa shape index (κ3) is 3.03. The van der Waals surface area contributed by atoms with E-state index in [0.717, 1.165) is 0 Å². The standard InChI is InChI=1S/C12H17FN2O/c1-14-12(16)10-5-4-6-11(13)9(10)7-8-15(2)3/h4-6H,7-8H2,1-3H3,(H,14,16). The van der Waals surface area contributed by atoms with Crippen molar-refractivity contribution >= 4 is 5.91 Å². The molecule has 0 bridgehead atoms. The molecule has 0 unspecified atom stereocenters. The summed E-state index contributed by atoms with van der Waals surface area (Å²) in [5.74, 6) is -0.559. The maximum atomic E-state index is 13.6. The van der Waals surface area contributed by atoms with Gasteiger partial charge >= 0.3 is 0 Å². The molecule has 0 aliphatic heterocycles. The zero-order chi connectivity index (χ0) is 12.1. The van der Waals surface area contributed by atoms with Gasteiger partial charge < -0.3 is 10.2 Å². The minimum atomic E-state index is -0.317. The molecule has 0 heterocycles. The molecule has 0 saturated carbocycles. The Labute approximate surface area is 95.3 Å². The predicted molar refractivity (Wildman–Crippen MR) is 62.0 cm³/mol. The molecule has 1 aromatic carbocycles. The average molecular weight is 224 g/mol. The maximum Gasteiger partial charge on any atom is 0.251 e. The maximum absolute atomic E-state index is 13.6. The lowest BCUT2D eigenvalue weighted by atomic mass is 10.0. The van der Waals surface area contributed by atoms with Crippen LogP contribution in [0.25, 0.3) is 0 Å². The molecular weight excluding hydrogens is 207 g/mol. The van der Waals surface area contributed by atoms with E-state index in [1.165, 1.54) is 6.07 Å². The molecule has 0 saturated heterocycles. The van der Waals surface area contributed by atoms with Crippen molar-refractivity contribution < 1.29 is 9.18 Å². The molecule has 16 heavy (non-hydrogen) atoms. The number of likely N-dealkylation sites (N-methyl/N-ethyl adjacent to an activating group) is 1. The van der Waals surface area contributed by atoms with Crippen molar-refractivity contribution in [2.75, 3.05) is 27.7 Å². The Morgan fingerprint density at radius 3 is 2.69 bits per heavy atom. The first-order valence-corrected chi connectivity index (χ1v) is 5.20. The van der Waals surface area contributed by atoms with Gasteiger partial charge in [0.1, 0.15) is 5.82 Å². The van der Waals surface area contributed by atoms with Crippen LogP contribution in [0.5, 0.6) is 0 Å². The number of hydrogen-bond donors (Lipinski definition) is 1. The lowest BCUT2D eigenvalue weighted by molar-refractivity contribution is 0.0961. The van der Waals surface area contributed by atoms with Crippen LogP contribution >= 0.6 is 0 Å². The highest BCUT2D eigenvalue weighted by Crippen LogP contribution is 2.14. The second-order valence-electron chi connectivity index (χ2n) is 3.90. The molecule has 1 amide bonds. The predicted octanol–water partition coefficient (Wildman–Crippen LogP) is 1.29. The summed E-state index contributed by atoms with van der Waals surface area (Å²) in [7, 11) is 5.38. The average Bonchev–Trinajstić information content (AvgIpc) is 2.25. The SMILES string of the molecule is CNC(=O)c1cccc(F)c1CCN(C)C. The number of hydrogen-bond acceptors (Lipinski definition) is 2. The van der Waals surface area contributed by atoms with E-state index in [4.69, 9.17) is 0 Å². The van der Waals surface area contributed by atoms with Gasteiger partial charge in [0.2, 0.25) is 0 Å². The molecule has 0 atom stereocenters. The number of amides is 1. The first-order valence-electron chi connectivity index (χ1n) is 5.20. The van der Waals surface area contributed by atoms with Crippen molar-refractivity contribution in [1.82, 2.24) is 10.2 Å². The number of benzene rings is 1. The van der Waals surface area contributed by atoms with Crippen LogP contribution in [0.15, 0.2) is 18.2 Å². The fraction of sp³-hybridized carbons (Fsp3) is 0.417. The van der Waals surface area contributed by atoms with Crippen molar-refractivity contribution in [3.05, 3.63) is 35.1 Å². The van der Waals surface area contributed by atoms with Gasteiger partial charge in [-0.1, -0.05) is 6.07 Å². The number of nitrogens with one attached hydrogen (secondary N) is 1. The Hall–Kier alpha value is -1.42. The summed E-state index contributed by atoms with van der Waals surface area (Å²) in [6.45, 7) is 0.713. The van der Waals surface area contributed by atoms with Gasteiger partial charge in [-0.3, -0.25) is 4.79 Å². The molecule has 1 rings (SSSR count). The molecule has 88 valence electrons. The fourth-order valence-electron chi connectivity index (χ4n) is 1.50. The molecule has 3 nitrogen and oxygen atoms in total. The van der Waals surface area contributed by atoms with E-state index in [1.807, 2.05) is 19.0 Å². The van der Waals surface area contributed by atoms with Gasteiger partial charge in [-0.15, -0.1) is 0 Å². The van der Waals surface area contributed by atoms with Crippen molar-refractivity contribution in [3.63, 3.8) is 0 Å². The summed E-state index contributed by atoms with van der Waals surface area (Å²) in [5, 5.41) is 2.52. The summed E-state index contributed by atoms with van der Waals surface area (Å²) in [6, 6.07) is 4.59. The van der Waals surface area contributed by atoms with E-state index in [-0.39, 0.29) is 11.7 Å². The van der Waals surface area contributed by atoms with Crippen LogP contribution in [0.2, 0.25) is 0 Å². The van der Waals surface area contributed by atoms with E-state index < -0.39 is 0 Å². The van der Waals surface area contributed by atoms with Crippen LogP contribution in [-0.2, 0) is 6.42 Å². The van der Waals surface area contributed by atoms with Crippen molar-refractivity contribution in [2.24, 2.45) is 0 Å². The first kappa shape index (κ1) is 12.6. The second kappa shape index (κ2) is 5.61. The number of halogens is 1. The van der Waals surface area contributed by atoms with E-state index >= 15 is 0 Å². The van der Waals surface area contributed by atoms with Crippen LogP contribution in [-0.4, -0.2) is 38.5 Å². The lowest BCUT2D eigenvalue weighted by Gasteiger charge is -2.13. The van der Waals surface area contributed by atoms with Crippen molar-refractivity contribution in [2.45, 2.75) is 6.42 Å². The Balaban J connectivity index is 2.99. The van der Waals surface area contributed by atoms with Crippen molar-refractivity contribution in [3.8, 4) is 0 Å². The third-order valence-electron chi connectivity index (χ3n) is 2.40. The number of carbonyl (C=O) groups is 1. The van der Waals surface area contributed by atoms with Gasteiger partial charge in [0.05, 0.1) is 0 Å². The molecule has 1 N–H and O–H groups in total. The first-order chi connectivity index (χ1) is 7.56. The molecule has 0 radical (unpaired) electrons. The largest absolute Gasteiger partial charge is 0.355 e. The second-order valence-corrected chi connectivity index (χ2v) is 3.90. The zero-order valence-electron chi connectivity index (χ0n) is 9.88. The Morgan fingerprint density at radius 2 is 2.12 bits per heavy atom. The van der Waals surface area contributed by atoms with Gasteiger partial charge in [-0.25, -0.2) is 4.39 Å². The van der Waals surface area contributed by atoms with Crippen LogP contribution in [0.1, 0.15) is 15.9 Å². The van der Waals surface area contributed by atoms with Crippen LogP contribution < -0.4 is 5.32 Å². The Morgan fingerprint density at radius 1 is 1.44 bits per heavy atom. The highest BCUT2D eigenvalue weighted by molar-refractivity contribution is 5.95. The quantitative estimate of drug-likeness (QED) is 0.835. The van der Waals surface area contributed by atoms with Gasteiger partial charge in [0.15, 0.2) is 0 Å². The van der Waals surface area contributed by atoms with Gasteiger partial charge in [0, 0.05) is 24.7 Å². The van der Waals surface area contributed by atoms with E-state index in [2.05, 4.69) is 5.32 Å². The van der Waals surface area contributed by atoms with Gasteiger partial charge in [-0.05, 0) is 32.6 Å². The highest BCUT2D eigenvalue weighted by Gasteiger charge is 2.13. The summed E-state index contributed by atoms with van der Waals surface area (Å²) in [4.78, 5) is 13.5. The van der Waals surface area contributed by atoms with Crippen LogP contribution in [0.4, 0.5) is 4.39 Å². The highest BCUT2D eigenvalue weighted by atomic mass is 19.1. The monoisotopic (exact) mass is 224 g/mol. The van der Waals surface area contributed by atoms with Crippen molar-refractivity contribution in [1.29, 1.82) is 0 Å². The molecule has 0 aliphatic carbocycles. The fourth-order valence-corrected chi connectivity index (χ4v) is 1.50. The molecule has 0 aliphatic rings. The van der Waals surface area contributed by atoms with E-state index in [1.54, 1.807) is 19.2 Å². The topological polar surface area (TPSA) is 32.3 Å². The zero-order valence-corrected chi connectivity index (χ0v) is 9.88.